The van der Waals surface area contributed by atoms with E-state index in [2.05, 4.69) is 18.7 Å². The second-order valence-electron chi connectivity index (χ2n) is 5.36. The van der Waals surface area contributed by atoms with E-state index in [0.717, 1.165) is 45.7 Å². The summed E-state index contributed by atoms with van der Waals surface area (Å²) in [5.74, 6) is 0.604. The average Bonchev–Trinajstić information content (AvgIpc) is 2.35. The molecule has 1 rings (SSSR count). The standard InChI is InChI=1S/C14H27NO3/c1-4-18-14(16)13-6-5-7-15(10-13)8-9-17-11-12(2)3/h12-13H,4-11H2,1-3H3/t13-/m0/s1. The number of piperidine rings is 1. The smallest absolute Gasteiger partial charge is 0.310 e. The molecule has 1 aliphatic heterocycles. The Bertz CT molecular complexity index is 243. The van der Waals surface area contributed by atoms with E-state index in [1.54, 1.807) is 0 Å². The number of carbonyl (C=O) groups is 1. The van der Waals surface area contributed by atoms with Crippen LogP contribution < -0.4 is 0 Å². The highest BCUT2D eigenvalue weighted by Crippen LogP contribution is 2.17. The van der Waals surface area contributed by atoms with Gasteiger partial charge >= 0.3 is 5.97 Å². The normalized spacial score (nSPS) is 21.2. The number of rotatable bonds is 7. The van der Waals surface area contributed by atoms with Crippen molar-refractivity contribution in [1.82, 2.24) is 4.90 Å². The largest absolute Gasteiger partial charge is 0.466 e. The van der Waals surface area contributed by atoms with Crippen molar-refractivity contribution in [2.45, 2.75) is 33.6 Å². The first kappa shape index (κ1) is 15.4. The highest BCUT2D eigenvalue weighted by molar-refractivity contribution is 5.72. The Morgan fingerprint density at radius 3 is 2.89 bits per heavy atom. The van der Waals surface area contributed by atoms with Crippen LogP contribution in [0, 0.1) is 11.8 Å². The summed E-state index contributed by atoms with van der Waals surface area (Å²) >= 11 is 0. The maximum absolute atomic E-state index is 11.7. The van der Waals surface area contributed by atoms with Crippen LogP contribution in [0.2, 0.25) is 0 Å². The molecule has 0 aliphatic carbocycles. The molecule has 0 spiro atoms. The van der Waals surface area contributed by atoms with Gasteiger partial charge in [0.2, 0.25) is 0 Å². The SMILES string of the molecule is CCOC(=O)[C@H]1CCCN(CCOCC(C)C)C1. The number of hydrogen-bond donors (Lipinski definition) is 0. The molecule has 1 heterocycles. The number of ether oxygens (including phenoxy) is 2. The summed E-state index contributed by atoms with van der Waals surface area (Å²) < 4.78 is 10.7. The summed E-state index contributed by atoms with van der Waals surface area (Å²) in [5, 5.41) is 0. The zero-order valence-corrected chi connectivity index (χ0v) is 12.0. The summed E-state index contributed by atoms with van der Waals surface area (Å²) in [4.78, 5) is 14.0. The Morgan fingerprint density at radius 1 is 1.44 bits per heavy atom. The fourth-order valence-corrected chi connectivity index (χ4v) is 2.22. The van der Waals surface area contributed by atoms with Crippen molar-refractivity contribution in [2.24, 2.45) is 11.8 Å². The maximum atomic E-state index is 11.7. The van der Waals surface area contributed by atoms with Gasteiger partial charge in [0.1, 0.15) is 0 Å². The first-order valence-electron chi connectivity index (χ1n) is 7.10. The molecule has 0 bridgehead atoms. The van der Waals surface area contributed by atoms with Gasteiger partial charge in [-0.25, -0.2) is 0 Å². The van der Waals surface area contributed by atoms with Crippen LogP contribution in [0.1, 0.15) is 33.6 Å². The lowest BCUT2D eigenvalue weighted by molar-refractivity contribution is -0.150. The van der Waals surface area contributed by atoms with Crippen LogP contribution in [-0.4, -0.2) is 50.3 Å². The van der Waals surface area contributed by atoms with Crippen LogP contribution in [0.15, 0.2) is 0 Å². The van der Waals surface area contributed by atoms with Gasteiger partial charge in [-0.05, 0) is 32.2 Å². The van der Waals surface area contributed by atoms with Gasteiger partial charge in [0.15, 0.2) is 0 Å². The molecule has 0 amide bonds. The van der Waals surface area contributed by atoms with Crippen LogP contribution in [0.3, 0.4) is 0 Å². The minimum absolute atomic E-state index is 0.0368. The van der Waals surface area contributed by atoms with Crippen LogP contribution in [0.25, 0.3) is 0 Å². The zero-order valence-electron chi connectivity index (χ0n) is 12.0. The molecule has 4 nitrogen and oxygen atoms in total. The highest BCUT2D eigenvalue weighted by atomic mass is 16.5. The Kier molecular flexibility index (Phi) is 7.28. The van der Waals surface area contributed by atoms with Crippen molar-refractivity contribution in [1.29, 1.82) is 0 Å². The van der Waals surface area contributed by atoms with E-state index in [4.69, 9.17) is 9.47 Å². The van der Waals surface area contributed by atoms with Crippen molar-refractivity contribution in [3.63, 3.8) is 0 Å². The molecule has 1 aliphatic rings. The van der Waals surface area contributed by atoms with Gasteiger partial charge in [-0.3, -0.25) is 4.79 Å². The number of hydrogen-bond acceptors (Lipinski definition) is 4. The molecular weight excluding hydrogens is 230 g/mol. The Labute approximate surface area is 111 Å². The summed E-state index contributed by atoms with van der Waals surface area (Å²) in [7, 11) is 0. The maximum Gasteiger partial charge on any atom is 0.310 e. The predicted octanol–water partition coefficient (Wildman–Crippen LogP) is 1.93. The molecule has 106 valence electrons. The lowest BCUT2D eigenvalue weighted by Crippen LogP contribution is -2.41. The van der Waals surface area contributed by atoms with E-state index in [1.807, 2.05) is 6.92 Å². The molecule has 0 radical (unpaired) electrons. The third kappa shape index (κ3) is 5.83. The lowest BCUT2D eigenvalue weighted by Gasteiger charge is -2.31. The van der Waals surface area contributed by atoms with Crippen LogP contribution in [0.4, 0.5) is 0 Å². The van der Waals surface area contributed by atoms with Gasteiger partial charge in [-0.2, -0.15) is 0 Å². The number of likely N-dealkylation sites (tertiary alicyclic amines) is 1. The number of nitrogens with zero attached hydrogens (tertiary/aromatic N) is 1. The Morgan fingerprint density at radius 2 is 2.22 bits per heavy atom. The van der Waals surface area contributed by atoms with E-state index in [9.17, 15) is 4.79 Å². The van der Waals surface area contributed by atoms with Crippen molar-refractivity contribution >= 4 is 5.97 Å². The fraction of sp³-hybridized carbons (Fsp3) is 0.929. The third-order valence-electron chi connectivity index (χ3n) is 3.13. The lowest BCUT2D eigenvalue weighted by atomic mass is 9.98. The van der Waals surface area contributed by atoms with Gasteiger partial charge in [0.05, 0.1) is 19.1 Å². The zero-order chi connectivity index (χ0) is 13.4. The molecule has 4 heteroatoms. The molecular formula is C14H27NO3. The highest BCUT2D eigenvalue weighted by Gasteiger charge is 2.26. The Balaban J connectivity index is 2.20. The van der Waals surface area contributed by atoms with E-state index in [0.29, 0.717) is 12.5 Å². The second-order valence-corrected chi connectivity index (χ2v) is 5.36. The summed E-state index contributed by atoms with van der Waals surface area (Å²) in [6, 6.07) is 0. The van der Waals surface area contributed by atoms with Crippen molar-refractivity contribution in [3.05, 3.63) is 0 Å². The first-order chi connectivity index (χ1) is 8.63. The summed E-state index contributed by atoms with van der Waals surface area (Å²) in [6.07, 6.45) is 2.04. The molecule has 0 aromatic heterocycles. The topological polar surface area (TPSA) is 38.8 Å². The molecule has 1 fully saturated rings. The first-order valence-corrected chi connectivity index (χ1v) is 7.10. The summed E-state index contributed by atoms with van der Waals surface area (Å²) in [6.45, 7) is 11.0. The van der Waals surface area contributed by atoms with Gasteiger partial charge in [0.25, 0.3) is 0 Å². The van der Waals surface area contributed by atoms with Gasteiger partial charge in [-0.15, -0.1) is 0 Å². The minimum Gasteiger partial charge on any atom is -0.466 e. The second kappa shape index (κ2) is 8.48. The van der Waals surface area contributed by atoms with Gasteiger partial charge in [-0.1, -0.05) is 13.8 Å². The minimum atomic E-state index is -0.0368. The molecule has 0 aromatic rings. The predicted molar refractivity (Wildman–Crippen MR) is 71.5 cm³/mol. The fourth-order valence-electron chi connectivity index (χ4n) is 2.22. The van der Waals surface area contributed by atoms with E-state index in [-0.39, 0.29) is 11.9 Å². The molecule has 0 saturated carbocycles. The van der Waals surface area contributed by atoms with Gasteiger partial charge < -0.3 is 14.4 Å². The average molecular weight is 257 g/mol. The van der Waals surface area contributed by atoms with E-state index < -0.39 is 0 Å². The number of carbonyl (C=O) groups excluding carboxylic acids is 1. The third-order valence-corrected chi connectivity index (χ3v) is 3.13. The molecule has 18 heavy (non-hydrogen) atoms. The van der Waals surface area contributed by atoms with Crippen LogP contribution in [0.5, 0.6) is 0 Å². The van der Waals surface area contributed by atoms with Crippen molar-refractivity contribution in [2.75, 3.05) is 39.5 Å². The molecule has 1 atom stereocenters. The van der Waals surface area contributed by atoms with Crippen molar-refractivity contribution < 1.29 is 14.3 Å². The van der Waals surface area contributed by atoms with Crippen LogP contribution >= 0.6 is 0 Å². The molecule has 0 unspecified atom stereocenters. The Hall–Kier alpha value is -0.610. The molecule has 1 saturated heterocycles. The van der Waals surface area contributed by atoms with Crippen LogP contribution in [-0.2, 0) is 14.3 Å². The van der Waals surface area contributed by atoms with E-state index in [1.165, 1.54) is 0 Å². The monoisotopic (exact) mass is 257 g/mol. The molecule has 0 N–H and O–H groups in total. The number of esters is 1. The quantitative estimate of drug-likeness (QED) is 0.516. The molecule has 0 aromatic carbocycles. The van der Waals surface area contributed by atoms with Crippen molar-refractivity contribution in [3.8, 4) is 0 Å². The summed E-state index contributed by atoms with van der Waals surface area (Å²) in [5.41, 5.74) is 0. The van der Waals surface area contributed by atoms with E-state index >= 15 is 0 Å². The van der Waals surface area contributed by atoms with Gasteiger partial charge in [0, 0.05) is 19.7 Å².